The molecule has 1 N–H and O–H groups in total. The van der Waals surface area contributed by atoms with Crippen LogP contribution in [0.3, 0.4) is 0 Å². The second-order valence-electron chi connectivity index (χ2n) is 5.97. The fraction of sp³-hybridized carbons (Fsp3) is 0.438. The van der Waals surface area contributed by atoms with Crippen molar-refractivity contribution in [1.82, 2.24) is 5.32 Å². The molecule has 108 valence electrons. The number of esters is 1. The molecule has 4 heteroatoms. The monoisotopic (exact) mass is 277 g/mol. The van der Waals surface area contributed by atoms with E-state index in [9.17, 15) is 9.18 Å². The van der Waals surface area contributed by atoms with Gasteiger partial charge in [0, 0.05) is 13.1 Å². The molecule has 20 heavy (non-hydrogen) atoms. The van der Waals surface area contributed by atoms with Gasteiger partial charge in [-0.15, -0.1) is 0 Å². The Morgan fingerprint density at radius 1 is 1.30 bits per heavy atom. The van der Waals surface area contributed by atoms with E-state index < -0.39 is 5.41 Å². The van der Waals surface area contributed by atoms with Crippen molar-refractivity contribution in [3.8, 4) is 0 Å². The predicted molar refractivity (Wildman–Crippen MR) is 76.6 cm³/mol. The highest BCUT2D eigenvalue weighted by molar-refractivity contribution is 5.79. The molecule has 0 amide bonds. The standard InChI is InChI=1S/C16H20FNO2/c1-16(2,3)15(19)20-14-10-18-9-8-13(14)11-4-6-12(17)7-5-11/h4-8,14,18H,9-10H2,1-3H3/t14-/m0/s1. The van der Waals surface area contributed by atoms with Crippen molar-refractivity contribution in [2.24, 2.45) is 5.41 Å². The van der Waals surface area contributed by atoms with E-state index in [1.54, 1.807) is 12.1 Å². The van der Waals surface area contributed by atoms with Crippen LogP contribution < -0.4 is 5.32 Å². The van der Waals surface area contributed by atoms with E-state index in [4.69, 9.17) is 4.74 Å². The van der Waals surface area contributed by atoms with Crippen LogP contribution in [0.4, 0.5) is 4.39 Å². The van der Waals surface area contributed by atoms with Gasteiger partial charge in [-0.1, -0.05) is 18.2 Å². The van der Waals surface area contributed by atoms with Crippen molar-refractivity contribution in [2.75, 3.05) is 13.1 Å². The topological polar surface area (TPSA) is 38.3 Å². The summed E-state index contributed by atoms with van der Waals surface area (Å²) in [6.07, 6.45) is 1.65. The molecule has 2 rings (SSSR count). The van der Waals surface area contributed by atoms with Crippen LogP contribution in [0.2, 0.25) is 0 Å². The Balaban J connectivity index is 2.19. The lowest BCUT2D eigenvalue weighted by atomic mass is 9.95. The van der Waals surface area contributed by atoms with Gasteiger partial charge < -0.3 is 10.1 Å². The first-order valence-electron chi connectivity index (χ1n) is 6.76. The molecule has 0 spiro atoms. The zero-order valence-corrected chi connectivity index (χ0v) is 12.1. The van der Waals surface area contributed by atoms with Crippen molar-refractivity contribution >= 4 is 11.5 Å². The first kappa shape index (κ1) is 14.7. The Bertz CT molecular complexity index is 514. The number of rotatable bonds is 2. The van der Waals surface area contributed by atoms with Crippen LogP contribution in [0.1, 0.15) is 26.3 Å². The molecule has 3 nitrogen and oxygen atoms in total. The molecule has 1 atom stereocenters. The minimum Gasteiger partial charge on any atom is -0.456 e. The zero-order valence-electron chi connectivity index (χ0n) is 12.1. The molecule has 1 heterocycles. The summed E-state index contributed by atoms with van der Waals surface area (Å²) >= 11 is 0. The highest BCUT2D eigenvalue weighted by Gasteiger charge is 2.29. The lowest BCUT2D eigenvalue weighted by Crippen LogP contribution is -2.38. The maximum absolute atomic E-state index is 13.0. The van der Waals surface area contributed by atoms with E-state index in [2.05, 4.69) is 5.32 Å². The van der Waals surface area contributed by atoms with Gasteiger partial charge in [-0.25, -0.2) is 4.39 Å². The Morgan fingerprint density at radius 3 is 2.55 bits per heavy atom. The Morgan fingerprint density at radius 2 is 1.95 bits per heavy atom. The molecule has 0 fully saturated rings. The number of hydrogen-bond acceptors (Lipinski definition) is 3. The van der Waals surface area contributed by atoms with Gasteiger partial charge in [-0.3, -0.25) is 4.79 Å². The molecular weight excluding hydrogens is 257 g/mol. The summed E-state index contributed by atoms with van der Waals surface area (Å²) in [6, 6.07) is 6.26. The average Bonchev–Trinajstić information content (AvgIpc) is 2.39. The Hall–Kier alpha value is -1.68. The van der Waals surface area contributed by atoms with Crippen molar-refractivity contribution < 1.29 is 13.9 Å². The predicted octanol–water partition coefficient (Wildman–Crippen LogP) is 2.77. The lowest BCUT2D eigenvalue weighted by Gasteiger charge is -2.28. The fourth-order valence-corrected chi connectivity index (χ4v) is 2.00. The number of hydrogen-bond donors (Lipinski definition) is 1. The van der Waals surface area contributed by atoms with Gasteiger partial charge in [-0.05, 0) is 44.0 Å². The molecule has 0 radical (unpaired) electrons. The molecule has 0 aliphatic carbocycles. The minimum atomic E-state index is -0.536. The molecule has 1 aliphatic heterocycles. The highest BCUT2D eigenvalue weighted by atomic mass is 19.1. The molecule has 1 aromatic carbocycles. The van der Waals surface area contributed by atoms with Crippen LogP contribution >= 0.6 is 0 Å². The quantitative estimate of drug-likeness (QED) is 0.845. The lowest BCUT2D eigenvalue weighted by molar-refractivity contribution is -0.155. The first-order chi connectivity index (χ1) is 9.38. The van der Waals surface area contributed by atoms with Gasteiger partial charge in [0.1, 0.15) is 11.9 Å². The normalized spacial score (nSPS) is 19.4. The van der Waals surface area contributed by atoms with Gasteiger partial charge in [0.05, 0.1) is 5.41 Å². The van der Waals surface area contributed by atoms with Crippen LogP contribution in [0, 0.1) is 11.2 Å². The largest absolute Gasteiger partial charge is 0.456 e. The molecule has 1 aromatic rings. The first-order valence-corrected chi connectivity index (χ1v) is 6.76. The van der Waals surface area contributed by atoms with Crippen LogP contribution in [0.15, 0.2) is 30.3 Å². The second kappa shape index (κ2) is 5.75. The zero-order chi connectivity index (χ0) is 14.8. The summed E-state index contributed by atoms with van der Waals surface area (Å²) in [6.45, 7) is 6.77. The van der Waals surface area contributed by atoms with Crippen molar-refractivity contribution in [1.29, 1.82) is 0 Å². The molecule has 1 aliphatic rings. The summed E-state index contributed by atoms with van der Waals surface area (Å²) in [5.41, 5.74) is 1.28. The van der Waals surface area contributed by atoms with Crippen molar-refractivity contribution in [3.63, 3.8) is 0 Å². The molecule has 0 saturated heterocycles. The third-order valence-corrected chi connectivity index (χ3v) is 3.18. The summed E-state index contributed by atoms with van der Waals surface area (Å²) in [5, 5.41) is 3.18. The number of ether oxygens (including phenoxy) is 1. The molecular formula is C16H20FNO2. The summed E-state index contributed by atoms with van der Waals surface area (Å²) < 4.78 is 18.6. The maximum Gasteiger partial charge on any atom is 0.311 e. The summed E-state index contributed by atoms with van der Waals surface area (Å²) in [7, 11) is 0. The maximum atomic E-state index is 13.0. The minimum absolute atomic E-state index is 0.237. The third kappa shape index (κ3) is 3.45. The second-order valence-corrected chi connectivity index (χ2v) is 5.97. The summed E-state index contributed by atoms with van der Waals surface area (Å²) in [5.74, 6) is -0.509. The van der Waals surface area contributed by atoms with Crippen LogP contribution in [-0.4, -0.2) is 25.2 Å². The molecule has 0 unspecified atom stereocenters. The van der Waals surface area contributed by atoms with Gasteiger partial charge in [0.15, 0.2) is 0 Å². The van der Waals surface area contributed by atoms with E-state index >= 15 is 0 Å². The summed E-state index contributed by atoms with van der Waals surface area (Å²) in [4.78, 5) is 12.0. The van der Waals surface area contributed by atoms with E-state index in [1.807, 2.05) is 26.8 Å². The SMILES string of the molecule is CC(C)(C)C(=O)O[C@H]1CNCC=C1c1ccc(F)cc1. The number of carbonyl (C=O) groups is 1. The fourth-order valence-electron chi connectivity index (χ4n) is 2.00. The Kier molecular flexibility index (Phi) is 4.23. The van der Waals surface area contributed by atoms with E-state index in [0.29, 0.717) is 6.54 Å². The molecule has 0 bridgehead atoms. The van der Waals surface area contributed by atoms with Gasteiger partial charge >= 0.3 is 5.97 Å². The number of halogens is 1. The van der Waals surface area contributed by atoms with Gasteiger partial charge in [0.2, 0.25) is 0 Å². The van der Waals surface area contributed by atoms with Crippen LogP contribution in [-0.2, 0) is 9.53 Å². The molecule has 0 saturated carbocycles. The van der Waals surface area contributed by atoms with E-state index in [-0.39, 0.29) is 17.9 Å². The van der Waals surface area contributed by atoms with E-state index in [0.717, 1.165) is 17.7 Å². The number of benzene rings is 1. The van der Waals surface area contributed by atoms with Crippen molar-refractivity contribution in [2.45, 2.75) is 26.9 Å². The van der Waals surface area contributed by atoms with Gasteiger partial charge in [0.25, 0.3) is 0 Å². The van der Waals surface area contributed by atoms with E-state index in [1.165, 1.54) is 12.1 Å². The number of nitrogens with one attached hydrogen (secondary N) is 1. The van der Waals surface area contributed by atoms with Crippen molar-refractivity contribution in [3.05, 3.63) is 41.7 Å². The third-order valence-electron chi connectivity index (χ3n) is 3.18. The highest BCUT2D eigenvalue weighted by Crippen LogP contribution is 2.25. The van der Waals surface area contributed by atoms with Gasteiger partial charge in [-0.2, -0.15) is 0 Å². The average molecular weight is 277 g/mol. The molecule has 0 aromatic heterocycles. The number of carbonyl (C=O) groups excluding carboxylic acids is 1. The Labute approximate surface area is 118 Å². The van der Waals surface area contributed by atoms with Crippen LogP contribution in [0.5, 0.6) is 0 Å². The smallest absolute Gasteiger partial charge is 0.311 e. The van der Waals surface area contributed by atoms with Crippen LogP contribution in [0.25, 0.3) is 5.57 Å².